The first-order valence-corrected chi connectivity index (χ1v) is 6.01. The van der Waals surface area contributed by atoms with Crippen LogP contribution in [-0.4, -0.2) is 39.7 Å². The summed E-state index contributed by atoms with van der Waals surface area (Å²) in [7, 11) is 0. The van der Waals surface area contributed by atoms with Crippen molar-refractivity contribution in [2.45, 2.75) is 72.1 Å². The van der Waals surface area contributed by atoms with Gasteiger partial charge in [0.2, 0.25) is 0 Å². The fourth-order valence-corrected chi connectivity index (χ4v) is 1.25. The first kappa shape index (κ1) is 19.5. The molecule has 0 aromatic carbocycles. The summed E-state index contributed by atoms with van der Waals surface area (Å²) < 4.78 is 5.62. The zero-order valence-corrected chi connectivity index (χ0v) is 12.9. The van der Waals surface area contributed by atoms with Crippen molar-refractivity contribution < 1.29 is 19.7 Å². The molecule has 0 aliphatic rings. The molecule has 110 valence electrons. The highest BCUT2D eigenvalue weighted by atomic mass is 16.5. The molecule has 18 heavy (non-hydrogen) atoms. The van der Waals surface area contributed by atoms with Gasteiger partial charge in [-0.25, -0.2) is 4.79 Å². The summed E-state index contributed by atoms with van der Waals surface area (Å²) in [5.74, 6) is 0. The Labute approximate surface area is 111 Å². The number of rotatable bonds is 2. The van der Waals surface area contributed by atoms with Crippen molar-refractivity contribution in [1.29, 1.82) is 0 Å². The van der Waals surface area contributed by atoms with E-state index in [-0.39, 0.29) is 17.8 Å². The monoisotopic (exact) mass is 263 g/mol. The molecule has 3 N–H and O–H groups in total. The van der Waals surface area contributed by atoms with Crippen LogP contribution in [0.2, 0.25) is 0 Å². The predicted octanol–water partition coefficient (Wildman–Crippen LogP) is 2.62. The van der Waals surface area contributed by atoms with E-state index in [9.17, 15) is 4.79 Å². The van der Waals surface area contributed by atoms with E-state index >= 15 is 0 Å². The zero-order valence-electron chi connectivity index (χ0n) is 12.9. The van der Waals surface area contributed by atoms with E-state index in [0.29, 0.717) is 0 Å². The number of aliphatic hydroxyl groups is 1. The number of carbonyl (C=O) groups is 1. The second-order valence-electron chi connectivity index (χ2n) is 6.80. The highest BCUT2D eigenvalue weighted by Crippen LogP contribution is 2.17. The van der Waals surface area contributed by atoms with Gasteiger partial charge in [0.25, 0.3) is 0 Å². The highest BCUT2D eigenvalue weighted by molar-refractivity contribution is 5.65. The summed E-state index contributed by atoms with van der Waals surface area (Å²) in [5.41, 5.74) is -0.762. The number of hydrogen-bond donors (Lipinski definition) is 3. The molecule has 5 heteroatoms. The number of nitrogens with one attached hydrogen (secondary N) is 1. The Balaban J connectivity index is 0. The Morgan fingerprint density at radius 2 is 1.33 bits per heavy atom. The first-order chi connectivity index (χ1) is 7.68. The van der Waals surface area contributed by atoms with Gasteiger partial charge in [-0.2, -0.15) is 0 Å². The van der Waals surface area contributed by atoms with Crippen molar-refractivity contribution in [1.82, 2.24) is 5.32 Å². The summed E-state index contributed by atoms with van der Waals surface area (Å²) >= 11 is 0. The lowest BCUT2D eigenvalue weighted by Gasteiger charge is -2.30. The first-order valence-electron chi connectivity index (χ1n) is 6.01. The van der Waals surface area contributed by atoms with Crippen LogP contribution in [0.15, 0.2) is 0 Å². The van der Waals surface area contributed by atoms with Gasteiger partial charge in [-0.05, 0) is 55.4 Å². The Kier molecular flexibility index (Phi) is 7.54. The predicted molar refractivity (Wildman–Crippen MR) is 72.9 cm³/mol. The molecule has 0 aliphatic carbocycles. The number of ether oxygens (including phenoxy) is 1. The summed E-state index contributed by atoms with van der Waals surface area (Å²) in [6.07, 6.45) is -1.12. The maximum absolute atomic E-state index is 9.95. The summed E-state index contributed by atoms with van der Waals surface area (Å²) in [4.78, 5) is 9.95. The summed E-state index contributed by atoms with van der Waals surface area (Å²) in [6, 6.07) is 0. The van der Waals surface area contributed by atoms with Crippen molar-refractivity contribution in [3.05, 3.63) is 0 Å². The van der Waals surface area contributed by atoms with Crippen LogP contribution < -0.4 is 5.32 Å². The molecular formula is C13H29NO4. The van der Waals surface area contributed by atoms with Gasteiger partial charge < -0.3 is 20.3 Å². The molecule has 0 bridgehead atoms. The van der Waals surface area contributed by atoms with Crippen molar-refractivity contribution in [3.8, 4) is 0 Å². The number of hydrogen-bond acceptors (Lipinski definition) is 3. The van der Waals surface area contributed by atoms with Gasteiger partial charge >= 0.3 is 6.09 Å². The van der Waals surface area contributed by atoms with E-state index < -0.39 is 11.6 Å². The fourth-order valence-electron chi connectivity index (χ4n) is 1.25. The van der Waals surface area contributed by atoms with Gasteiger partial charge in [0.15, 0.2) is 0 Å². The Hall–Kier alpha value is -0.810. The van der Waals surface area contributed by atoms with Crippen molar-refractivity contribution in [2.24, 2.45) is 0 Å². The summed E-state index contributed by atoms with van der Waals surface area (Å²) in [6.45, 7) is 15.4. The third-order valence-corrected chi connectivity index (χ3v) is 1.45. The molecule has 5 nitrogen and oxygen atoms in total. The third-order valence-electron chi connectivity index (χ3n) is 1.45. The second kappa shape index (κ2) is 6.95. The molecule has 0 aromatic rings. The van der Waals surface area contributed by atoms with Gasteiger partial charge in [-0.15, -0.1) is 0 Å². The molecule has 0 unspecified atom stereocenters. The molecule has 0 fully saturated rings. The van der Waals surface area contributed by atoms with Crippen molar-refractivity contribution in [3.63, 3.8) is 0 Å². The molecule has 0 aliphatic heterocycles. The van der Waals surface area contributed by atoms with Crippen LogP contribution in [-0.2, 0) is 4.74 Å². The standard InChI is InChI=1S/C8H18O.C5H11NO3/c1-7(2,3)9-8(4,5)6;1-5(2,3-7)6-4(8)9/h1-6H3;6-7H,3H2,1-2H3,(H,8,9). The molecule has 0 radical (unpaired) electrons. The average Bonchev–Trinajstić information content (AvgIpc) is 1.95. The van der Waals surface area contributed by atoms with Crippen LogP contribution in [0.5, 0.6) is 0 Å². The van der Waals surface area contributed by atoms with Crippen LogP contribution in [0.1, 0.15) is 55.4 Å². The minimum absolute atomic E-state index is 0.0156. The van der Waals surface area contributed by atoms with Crippen molar-refractivity contribution in [2.75, 3.05) is 6.61 Å². The highest BCUT2D eigenvalue weighted by Gasteiger charge is 2.20. The van der Waals surface area contributed by atoms with E-state index in [1.165, 1.54) is 0 Å². The molecule has 0 spiro atoms. The molecule has 1 amide bonds. The Morgan fingerprint density at radius 1 is 1.00 bits per heavy atom. The van der Waals surface area contributed by atoms with E-state index in [1.807, 2.05) is 0 Å². The normalized spacial score (nSPS) is 12.5. The minimum atomic E-state index is -1.12. The summed E-state index contributed by atoms with van der Waals surface area (Å²) in [5, 5.41) is 18.8. The van der Waals surface area contributed by atoms with Gasteiger partial charge in [0.05, 0.1) is 23.3 Å². The van der Waals surface area contributed by atoms with E-state index in [1.54, 1.807) is 13.8 Å². The molecule has 0 saturated heterocycles. The number of carboxylic acid groups (broad SMARTS) is 1. The van der Waals surface area contributed by atoms with Crippen LogP contribution in [0.4, 0.5) is 4.79 Å². The largest absolute Gasteiger partial charge is 0.465 e. The molecule has 0 saturated carbocycles. The van der Waals surface area contributed by atoms with Crippen LogP contribution in [0, 0.1) is 0 Å². The third kappa shape index (κ3) is 17.6. The maximum atomic E-state index is 9.95. The van der Waals surface area contributed by atoms with Crippen LogP contribution >= 0.6 is 0 Å². The van der Waals surface area contributed by atoms with E-state index in [4.69, 9.17) is 14.9 Å². The minimum Gasteiger partial charge on any atom is -0.465 e. The maximum Gasteiger partial charge on any atom is 0.405 e. The van der Waals surface area contributed by atoms with Gasteiger partial charge in [0, 0.05) is 0 Å². The van der Waals surface area contributed by atoms with Gasteiger partial charge in [-0.3, -0.25) is 0 Å². The zero-order chi connectivity index (χ0) is 15.2. The molecule has 0 heterocycles. The van der Waals surface area contributed by atoms with E-state index in [2.05, 4.69) is 46.9 Å². The lowest BCUT2D eigenvalue weighted by Crippen LogP contribution is -2.45. The van der Waals surface area contributed by atoms with E-state index in [0.717, 1.165) is 0 Å². The molecule has 0 rings (SSSR count). The fraction of sp³-hybridized carbons (Fsp3) is 0.923. The quantitative estimate of drug-likeness (QED) is 0.715. The molecule has 0 aromatic heterocycles. The van der Waals surface area contributed by atoms with Gasteiger partial charge in [-0.1, -0.05) is 0 Å². The van der Waals surface area contributed by atoms with Crippen molar-refractivity contribution >= 4 is 6.09 Å². The SMILES string of the molecule is CC(C)(C)OC(C)(C)C.CC(C)(CO)NC(=O)O. The Bertz CT molecular complexity index is 237. The van der Waals surface area contributed by atoms with Gasteiger partial charge in [0.1, 0.15) is 0 Å². The number of amides is 1. The lowest BCUT2D eigenvalue weighted by atomic mass is 10.1. The Morgan fingerprint density at radius 3 is 1.39 bits per heavy atom. The average molecular weight is 263 g/mol. The second-order valence-corrected chi connectivity index (χ2v) is 6.80. The number of aliphatic hydroxyl groups excluding tert-OH is 1. The topological polar surface area (TPSA) is 78.8 Å². The molecule has 0 atom stereocenters. The molecular weight excluding hydrogens is 234 g/mol. The van der Waals surface area contributed by atoms with Crippen LogP contribution in [0.3, 0.4) is 0 Å². The smallest absolute Gasteiger partial charge is 0.405 e. The lowest BCUT2D eigenvalue weighted by molar-refractivity contribution is -0.102. The van der Waals surface area contributed by atoms with Crippen LogP contribution in [0.25, 0.3) is 0 Å².